The molecule has 0 aromatic carbocycles. The van der Waals surface area contributed by atoms with Crippen molar-refractivity contribution >= 4 is 0 Å². The molecule has 0 aliphatic carbocycles. The second-order valence-corrected chi connectivity index (χ2v) is 7.66. The molecule has 8 heteroatoms. The number of rotatable bonds is 6. The van der Waals surface area contributed by atoms with Crippen LogP contribution in [0.1, 0.15) is 32.9 Å². The molecule has 0 bridgehead atoms. The zero-order valence-corrected chi connectivity index (χ0v) is 16.7. The molecule has 1 fully saturated rings. The Morgan fingerprint density at radius 1 is 1.21 bits per heavy atom. The van der Waals surface area contributed by atoms with Gasteiger partial charge in [-0.2, -0.15) is 13.2 Å². The molecule has 1 aromatic heterocycles. The molecule has 0 radical (unpaired) electrons. The number of hydrogen-bond acceptors (Lipinski definition) is 5. The Bertz CT molecular complexity index is 694. The van der Waals surface area contributed by atoms with E-state index in [4.69, 9.17) is 4.74 Å². The third-order valence-corrected chi connectivity index (χ3v) is 5.35. The number of ether oxygens (including phenoxy) is 1. The lowest BCUT2D eigenvalue weighted by atomic mass is 9.91. The highest BCUT2D eigenvalue weighted by atomic mass is 19.4. The van der Waals surface area contributed by atoms with Crippen LogP contribution in [-0.4, -0.2) is 59.1 Å². The lowest BCUT2D eigenvalue weighted by Gasteiger charge is -2.40. The van der Waals surface area contributed by atoms with Crippen molar-refractivity contribution in [2.24, 2.45) is 11.8 Å². The van der Waals surface area contributed by atoms with E-state index in [1.165, 1.54) is 18.0 Å². The van der Waals surface area contributed by atoms with Gasteiger partial charge in [-0.15, -0.1) is 0 Å². The third kappa shape index (κ3) is 4.64. The standard InChI is InChI=1S/C20H29F3N4O/c1-4-25-12-18(26(5-2)14-25)27-10-15(3)9-16(11-27)13-28-17-7-6-8-24-19(17)20(21,22)23/h6-8,12,15-16H,4-5,9-11,13-14H2,1-3H3. The van der Waals surface area contributed by atoms with E-state index in [1.807, 2.05) is 0 Å². The first-order valence-electron chi connectivity index (χ1n) is 9.92. The molecule has 2 atom stereocenters. The number of likely N-dealkylation sites (tertiary alicyclic amines) is 1. The van der Waals surface area contributed by atoms with Gasteiger partial charge in [0.1, 0.15) is 11.6 Å². The van der Waals surface area contributed by atoms with Gasteiger partial charge in [-0.3, -0.25) is 0 Å². The molecule has 0 amide bonds. The molecule has 0 N–H and O–H groups in total. The first-order chi connectivity index (χ1) is 13.3. The topological polar surface area (TPSA) is 31.8 Å². The summed E-state index contributed by atoms with van der Waals surface area (Å²) in [5.41, 5.74) is -0.954. The van der Waals surface area contributed by atoms with Crippen molar-refractivity contribution in [2.75, 3.05) is 39.5 Å². The lowest BCUT2D eigenvalue weighted by molar-refractivity contribution is -0.142. The second-order valence-electron chi connectivity index (χ2n) is 7.66. The van der Waals surface area contributed by atoms with Gasteiger partial charge in [-0.25, -0.2) is 4.98 Å². The SMILES string of the molecule is CCN1C=C(N2CC(C)CC(COc3cccnc3C(F)(F)F)C2)N(CC)C1. The summed E-state index contributed by atoms with van der Waals surface area (Å²) in [6.45, 7) is 11.2. The fourth-order valence-corrected chi connectivity index (χ4v) is 4.03. The van der Waals surface area contributed by atoms with Crippen LogP contribution in [-0.2, 0) is 6.18 Å². The van der Waals surface area contributed by atoms with Crippen molar-refractivity contribution in [1.82, 2.24) is 19.7 Å². The average Bonchev–Trinajstić information content (AvgIpc) is 3.09. The maximum absolute atomic E-state index is 13.1. The Kier molecular flexibility index (Phi) is 6.25. The van der Waals surface area contributed by atoms with Crippen LogP contribution < -0.4 is 4.74 Å². The molecule has 5 nitrogen and oxygen atoms in total. The van der Waals surface area contributed by atoms with Gasteiger partial charge in [0.05, 0.1) is 13.3 Å². The molecule has 2 unspecified atom stereocenters. The van der Waals surface area contributed by atoms with Crippen molar-refractivity contribution in [3.05, 3.63) is 36.0 Å². The molecule has 1 aromatic rings. The summed E-state index contributed by atoms with van der Waals surface area (Å²) in [6, 6.07) is 2.82. The summed E-state index contributed by atoms with van der Waals surface area (Å²) < 4.78 is 45.0. The summed E-state index contributed by atoms with van der Waals surface area (Å²) in [5.74, 6) is 1.64. The Labute approximate surface area is 164 Å². The van der Waals surface area contributed by atoms with E-state index in [0.29, 0.717) is 5.92 Å². The third-order valence-electron chi connectivity index (χ3n) is 5.35. The number of pyridine rings is 1. The second kappa shape index (κ2) is 8.49. The van der Waals surface area contributed by atoms with E-state index in [1.54, 1.807) is 0 Å². The van der Waals surface area contributed by atoms with Gasteiger partial charge in [-0.1, -0.05) is 6.92 Å². The van der Waals surface area contributed by atoms with Crippen molar-refractivity contribution in [1.29, 1.82) is 0 Å². The predicted octanol–water partition coefficient (Wildman–Crippen LogP) is 3.85. The smallest absolute Gasteiger partial charge is 0.437 e. The molecule has 0 saturated carbocycles. The Hall–Kier alpha value is -2.12. The first kappa shape index (κ1) is 20.6. The molecule has 1 saturated heterocycles. The molecular weight excluding hydrogens is 369 g/mol. The summed E-state index contributed by atoms with van der Waals surface area (Å²) in [4.78, 5) is 10.4. The molecule has 28 heavy (non-hydrogen) atoms. The number of aromatic nitrogens is 1. The predicted molar refractivity (Wildman–Crippen MR) is 101 cm³/mol. The highest BCUT2D eigenvalue weighted by molar-refractivity contribution is 5.29. The Morgan fingerprint density at radius 3 is 2.68 bits per heavy atom. The van der Waals surface area contributed by atoms with Gasteiger partial charge in [0, 0.05) is 44.5 Å². The van der Waals surface area contributed by atoms with Gasteiger partial charge in [0.15, 0.2) is 5.69 Å². The molecule has 0 spiro atoms. The Balaban J connectivity index is 1.68. The maximum atomic E-state index is 13.1. The number of nitrogens with zero attached hydrogens (tertiary/aromatic N) is 4. The largest absolute Gasteiger partial charge is 0.491 e. The van der Waals surface area contributed by atoms with Gasteiger partial charge >= 0.3 is 6.18 Å². The normalized spacial score (nSPS) is 23.2. The van der Waals surface area contributed by atoms with Crippen LogP contribution in [0, 0.1) is 11.8 Å². The van der Waals surface area contributed by atoms with Crippen LogP contribution >= 0.6 is 0 Å². The molecule has 3 heterocycles. The fraction of sp³-hybridized carbons (Fsp3) is 0.650. The first-order valence-corrected chi connectivity index (χ1v) is 9.92. The van der Waals surface area contributed by atoms with Crippen LogP contribution in [0.2, 0.25) is 0 Å². The van der Waals surface area contributed by atoms with E-state index in [2.05, 4.69) is 46.7 Å². The van der Waals surface area contributed by atoms with Crippen LogP contribution in [0.3, 0.4) is 0 Å². The number of piperidine rings is 1. The van der Waals surface area contributed by atoms with E-state index in [9.17, 15) is 13.2 Å². The van der Waals surface area contributed by atoms with Crippen molar-refractivity contribution in [2.45, 2.75) is 33.4 Å². The number of hydrogen-bond donors (Lipinski definition) is 0. The van der Waals surface area contributed by atoms with Crippen molar-refractivity contribution in [3.63, 3.8) is 0 Å². The molecule has 2 aliphatic heterocycles. The monoisotopic (exact) mass is 398 g/mol. The van der Waals surface area contributed by atoms with Crippen LogP contribution in [0.4, 0.5) is 13.2 Å². The number of halogens is 3. The van der Waals surface area contributed by atoms with Gasteiger partial charge < -0.3 is 19.4 Å². The van der Waals surface area contributed by atoms with Crippen LogP contribution in [0.5, 0.6) is 5.75 Å². The molecule has 3 rings (SSSR count). The fourth-order valence-electron chi connectivity index (χ4n) is 4.03. The minimum absolute atomic E-state index is 0.167. The maximum Gasteiger partial charge on any atom is 0.437 e. The average molecular weight is 398 g/mol. The minimum atomic E-state index is -4.51. The minimum Gasteiger partial charge on any atom is -0.491 e. The Morgan fingerprint density at radius 2 is 2.00 bits per heavy atom. The van der Waals surface area contributed by atoms with Crippen molar-refractivity contribution in [3.8, 4) is 5.75 Å². The van der Waals surface area contributed by atoms with E-state index >= 15 is 0 Å². The van der Waals surface area contributed by atoms with Crippen LogP contribution in [0.15, 0.2) is 30.4 Å². The summed E-state index contributed by atoms with van der Waals surface area (Å²) in [5, 5.41) is 0. The molecule has 2 aliphatic rings. The highest BCUT2D eigenvalue weighted by Gasteiger charge is 2.37. The van der Waals surface area contributed by atoms with E-state index in [0.717, 1.165) is 45.5 Å². The highest BCUT2D eigenvalue weighted by Crippen LogP contribution is 2.35. The lowest BCUT2D eigenvalue weighted by Crippen LogP contribution is -2.44. The molecular formula is C20H29F3N4O. The van der Waals surface area contributed by atoms with Gasteiger partial charge in [0.25, 0.3) is 0 Å². The van der Waals surface area contributed by atoms with Gasteiger partial charge in [0.2, 0.25) is 0 Å². The number of alkyl halides is 3. The summed E-state index contributed by atoms with van der Waals surface area (Å²) in [6.07, 6.45) is -0.231. The zero-order chi connectivity index (χ0) is 20.3. The zero-order valence-electron chi connectivity index (χ0n) is 16.7. The summed E-state index contributed by atoms with van der Waals surface area (Å²) >= 11 is 0. The van der Waals surface area contributed by atoms with Crippen molar-refractivity contribution < 1.29 is 17.9 Å². The van der Waals surface area contributed by atoms with Gasteiger partial charge in [-0.05, 0) is 38.3 Å². The summed E-state index contributed by atoms with van der Waals surface area (Å²) in [7, 11) is 0. The van der Waals surface area contributed by atoms with E-state index < -0.39 is 11.9 Å². The quantitative estimate of drug-likeness (QED) is 0.727. The van der Waals surface area contributed by atoms with E-state index in [-0.39, 0.29) is 18.3 Å². The van der Waals surface area contributed by atoms with Crippen LogP contribution in [0.25, 0.3) is 0 Å². The molecule has 156 valence electrons.